The Morgan fingerprint density at radius 3 is 2.47 bits per heavy atom. The lowest BCUT2D eigenvalue weighted by Gasteiger charge is -2.37. The van der Waals surface area contributed by atoms with Crippen LogP contribution in [0.25, 0.3) is 10.9 Å². The number of rotatable bonds is 7. The van der Waals surface area contributed by atoms with E-state index >= 15 is 0 Å². The molecule has 36 heavy (non-hydrogen) atoms. The van der Waals surface area contributed by atoms with Crippen LogP contribution in [-0.4, -0.2) is 53.2 Å². The van der Waals surface area contributed by atoms with Gasteiger partial charge in [0, 0.05) is 24.6 Å². The van der Waals surface area contributed by atoms with Crippen molar-refractivity contribution < 1.29 is 9.53 Å². The van der Waals surface area contributed by atoms with Gasteiger partial charge in [0.1, 0.15) is 5.82 Å². The number of amides is 1. The van der Waals surface area contributed by atoms with Crippen molar-refractivity contribution in [3.63, 3.8) is 0 Å². The molecule has 200 valence electrons. The molecular formula is C25H39Cl2N7O2. The highest BCUT2D eigenvalue weighted by Crippen LogP contribution is 2.30. The maximum absolute atomic E-state index is 13.4. The predicted molar refractivity (Wildman–Crippen MR) is 149 cm³/mol. The highest BCUT2D eigenvalue weighted by atomic mass is 35.5. The van der Waals surface area contributed by atoms with E-state index in [-0.39, 0.29) is 60.1 Å². The van der Waals surface area contributed by atoms with E-state index in [0.717, 1.165) is 67.8 Å². The summed E-state index contributed by atoms with van der Waals surface area (Å²) in [6.45, 7) is 2.51. The van der Waals surface area contributed by atoms with Crippen molar-refractivity contribution in [2.75, 3.05) is 19.0 Å². The van der Waals surface area contributed by atoms with E-state index in [0.29, 0.717) is 12.4 Å². The summed E-state index contributed by atoms with van der Waals surface area (Å²) in [4.78, 5) is 22.7. The minimum absolute atomic E-state index is 0. The minimum atomic E-state index is -0.372. The van der Waals surface area contributed by atoms with Gasteiger partial charge in [-0.2, -0.15) is 0 Å². The number of methoxy groups -OCH3 is 1. The molecule has 6 N–H and O–H groups in total. The average molecular weight is 541 g/mol. The van der Waals surface area contributed by atoms with Gasteiger partial charge in [-0.1, -0.05) is 43.7 Å². The second-order valence-corrected chi connectivity index (χ2v) is 9.84. The first-order valence-corrected chi connectivity index (χ1v) is 12.4. The third-order valence-electron chi connectivity index (χ3n) is 7.09. The molecule has 1 heterocycles. The topological polar surface area (TPSA) is 138 Å². The average Bonchev–Trinajstić information content (AvgIpc) is 2.81. The van der Waals surface area contributed by atoms with E-state index in [1.807, 2.05) is 25.1 Å². The van der Waals surface area contributed by atoms with E-state index in [9.17, 15) is 4.79 Å². The normalized spacial score (nSPS) is 20.9. The summed E-state index contributed by atoms with van der Waals surface area (Å²) in [5, 5.41) is 18.4. The van der Waals surface area contributed by atoms with Gasteiger partial charge in [-0.15, -0.1) is 24.8 Å². The number of anilines is 1. The number of carbonyl (C=O) groups is 1. The molecule has 1 amide bonds. The monoisotopic (exact) mass is 539 g/mol. The molecule has 0 saturated heterocycles. The Hall–Kier alpha value is -2.36. The summed E-state index contributed by atoms with van der Waals surface area (Å²) in [6, 6.07) is 6.06. The molecule has 0 bridgehead atoms. The van der Waals surface area contributed by atoms with Crippen LogP contribution in [0.1, 0.15) is 74.0 Å². The highest BCUT2D eigenvalue weighted by Gasteiger charge is 2.35. The second kappa shape index (κ2) is 13.3. The van der Waals surface area contributed by atoms with Gasteiger partial charge in [0.2, 0.25) is 5.82 Å². The summed E-state index contributed by atoms with van der Waals surface area (Å²) < 4.78 is 5.47. The molecule has 2 aliphatic rings. The van der Waals surface area contributed by atoms with Crippen LogP contribution < -0.4 is 21.7 Å². The van der Waals surface area contributed by atoms with Crippen LogP contribution in [0, 0.1) is 12.3 Å². The van der Waals surface area contributed by atoms with Crippen LogP contribution in [0.15, 0.2) is 18.2 Å². The zero-order valence-electron chi connectivity index (χ0n) is 21.1. The lowest BCUT2D eigenvalue weighted by atomic mass is 9.82. The third-order valence-corrected chi connectivity index (χ3v) is 7.09. The largest absolute Gasteiger partial charge is 0.382 e. The van der Waals surface area contributed by atoms with E-state index in [1.165, 1.54) is 6.42 Å². The quantitative estimate of drug-likeness (QED) is 0.264. The van der Waals surface area contributed by atoms with Gasteiger partial charge in [-0.05, 0) is 44.7 Å². The number of ether oxygens (including phenoxy) is 1. The molecule has 1 aromatic carbocycles. The van der Waals surface area contributed by atoms with Crippen molar-refractivity contribution in [3.8, 4) is 0 Å². The summed E-state index contributed by atoms with van der Waals surface area (Å²) >= 11 is 0. The molecule has 2 saturated carbocycles. The maximum Gasteiger partial charge on any atom is 0.289 e. The molecule has 2 aliphatic carbocycles. The zero-order valence-corrected chi connectivity index (χ0v) is 22.7. The Balaban J connectivity index is 0.00000228. The van der Waals surface area contributed by atoms with Crippen molar-refractivity contribution in [2.45, 2.75) is 82.3 Å². The molecule has 9 nitrogen and oxygen atoms in total. The number of nitrogens with two attached hydrogens (primary N) is 1. The smallest absolute Gasteiger partial charge is 0.289 e. The van der Waals surface area contributed by atoms with E-state index in [2.05, 4.69) is 20.9 Å². The zero-order chi connectivity index (χ0) is 24.1. The number of benzene rings is 1. The number of nitrogens with one attached hydrogen (secondary N) is 4. The number of halogens is 2. The van der Waals surface area contributed by atoms with Gasteiger partial charge in [-0.25, -0.2) is 9.97 Å². The number of aryl methyl sites for hydroxylation is 1. The molecule has 2 aromatic rings. The van der Waals surface area contributed by atoms with Crippen LogP contribution in [0.2, 0.25) is 0 Å². The SMILES string of the molecule is COCC1(NC(=O)c2nc(N[C@H]3CCCC[C@H]3NC(=N)N)c3cc(C)ccc3n2)CCCCC1.Cl.Cl. The molecule has 0 radical (unpaired) electrons. The Labute approximate surface area is 225 Å². The van der Waals surface area contributed by atoms with Gasteiger partial charge >= 0.3 is 0 Å². The number of guanidine groups is 1. The van der Waals surface area contributed by atoms with Gasteiger partial charge < -0.3 is 26.4 Å². The third kappa shape index (κ3) is 7.11. The first-order chi connectivity index (χ1) is 16.4. The van der Waals surface area contributed by atoms with Crippen molar-refractivity contribution in [3.05, 3.63) is 29.6 Å². The van der Waals surface area contributed by atoms with Crippen molar-refractivity contribution in [1.29, 1.82) is 5.41 Å². The standard InChI is InChI=1S/C25H37N7O2.2ClH/c1-16-10-11-18-17(14-16)21(29-19-8-4-5-9-20(19)30-24(26)27)31-22(28-18)23(33)32-25(15-34-2)12-6-3-7-13-25;;/h10-11,14,19-20H,3-9,12-13,15H2,1-2H3,(H,32,33)(H4,26,27,30)(H,28,29,31);2*1H/t19-,20+;;/m0../s1. The minimum Gasteiger partial charge on any atom is -0.382 e. The molecule has 0 unspecified atom stereocenters. The maximum atomic E-state index is 13.4. The Bertz CT molecular complexity index is 1040. The Morgan fingerprint density at radius 2 is 1.81 bits per heavy atom. The fraction of sp³-hybridized carbons (Fsp3) is 0.600. The van der Waals surface area contributed by atoms with Crippen LogP contribution >= 0.6 is 24.8 Å². The molecule has 11 heteroatoms. The lowest BCUT2D eigenvalue weighted by molar-refractivity contribution is 0.0631. The number of hydrogen-bond acceptors (Lipinski definition) is 6. The summed E-state index contributed by atoms with van der Waals surface area (Å²) in [5.41, 5.74) is 7.09. The van der Waals surface area contributed by atoms with Crippen LogP contribution in [-0.2, 0) is 4.74 Å². The molecule has 1 aromatic heterocycles. The lowest BCUT2D eigenvalue weighted by Crippen LogP contribution is -2.53. The van der Waals surface area contributed by atoms with Crippen molar-refractivity contribution in [2.24, 2.45) is 5.73 Å². The number of carbonyl (C=O) groups excluding carboxylic acids is 1. The first-order valence-electron chi connectivity index (χ1n) is 12.4. The van der Waals surface area contributed by atoms with Crippen molar-refractivity contribution in [1.82, 2.24) is 20.6 Å². The van der Waals surface area contributed by atoms with Crippen molar-refractivity contribution >= 4 is 53.4 Å². The van der Waals surface area contributed by atoms with Gasteiger partial charge in [0.25, 0.3) is 5.91 Å². The summed E-state index contributed by atoms with van der Waals surface area (Å²) in [6.07, 6.45) is 9.13. The van der Waals surface area contributed by atoms with Crippen LogP contribution in [0.5, 0.6) is 0 Å². The predicted octanol–water partition coefficient (Wildman–Crippen LogP) is 4.07. The van der Waals surface area contributed by atoms with Gasteiger partial charge in [-0.3, -0.25) is 10.2 Å². The summed E-state index contributed by atoms with van der Waals surface area (Å²) in [7, 11) is 1.68. The van der Waals surface area contributed by atoms with Gasteiger partial charge in [0.05, 0.1) is 17.7 Å². The van der Waals surface area contributed by atoms with Gasteiger partial charge in [0.15, 0.2) is 5.96 Å². The Kier molecular flexibility index (Phi) is 11.0. The molecule has 4 rings (SSSR count). The fourth-order valence-corrected chi connectivity index (χ4v) is 5.41. The van der Waals surface area contributed by atoms with Crippen LogP contribution in [0.3, 0.4) is 0 Å². The number of fused-ring (bicyclic) bond motifs is 1. The van der Waals surface area contributed by atoms with E-state index in [4.69, 9.17) is 20.9 Å². The van der Waals surface area contributed by atoms with E-state index < -0.39 is 0 Å². The molecule has 0 aliphatic heterocycles. The summed E-state index contributed by atoms with van der Waals surface area (Å²) in [5.74, 6) is 0.502. The number of aromatic nitrogens is 2. The molecular weight excluding hydrogens is 501 g/mol. The molecule has 2 fully saturated rings. The number of nitrogens with zero attached hydrogens (tertiary/aromatic N) is 2. The number of hydrogen-bond donors (Lipinski definition) is 5. The molecule has 2 atom stereocenters. The second-order valence-electron chi connectivity index (χ2n) is 9.84. The molecule has 0 spiro atoms. The Morgan fingerprint density at radius 1 is 1.11 bits per heavy atom. The highest BCUT2D eigenvalue weighted by molar-refractivity contribution is 5.97. The van der Waals surface area contributed by atoms with Crippen LogP contribution in [0.4, 0.5) is 5.82 Å². The van der Waals surface area contributed by atoms with E-state index in [1.54, 1.807) is 7.11 Å². The fourth-order valence-electron chi connectivity index (χ4n) is 5.41. The first kappa shape index (κ1) is 29.9.